The van der Waals surface area contributed by atoms with Crippen LogP contribution in [-0.4, -0.2) is 12.5 Å². The monoisotopic (exact) mass is 447 g/mol. The highest BCUT2D eigenvalue weighted by Gasteiger charge is 2.30. The van der Waals surface area contributed by atoms with Crippen molar-refractivity contribution in [1.29, 1.82) is 0 Å². The van der Waals surface area contributed by atoms with Gasteiger partial charge in [-0.1, -0.05) is 42.5 Å². The lowest BCUT2D eigenvalue weighted by molar-refractivity contribution is -0.137. The molecule has 0 saturated carbocycles. The van der Waals surface area contributed by atoms with Crippen molar-refractivity contribution < 1.29 is 22.4 Å². The smallest absolute Gasteiger partial charge is 0.416 e. The van der Waals surface area contributed by atoms with Gasteiger partial charge in [-0.25, -0.2) is 0 Å². The third-order valence-electron chi connectivity index (χ3n) is 5.24. The van der Waals surface area contributed by atoms with Crippen molar-refractivity contribution in [2.45, 2.75) is 19.0 Å². The van der Waals surface area contributed by atoms with Crippen LogP contribution in [0.25, 0.3) is 22.1 Å². The van der Waals surface area contributed by atoms with Gasteiger partial charge in [0.2, 0.25) is 0 Å². The topological polar surface area (TPSA) is 42.2 Å². The molecule has 0 aliphatic rings. The standard InChI is InChI=1S/C27H20F3NO2/c1-2-3-13-31-26(32)20-9-5-8-19(16-20)23-11-6-12-25-24(23)17-22(33-25)15-18-7-4-10-21(14-18)27(28,29)30/h1,4-12,14,16-17H,3,13,15H2,(H,31,32). The summed E-state index contributed by atoms with van der Waals surface area (Å²) in [6.07, 6.45) is 1.51. The van der Waals surface area contributed by atoms with Gasteiger partial charge in [0.15, 0.2) is 0 Å². The minimum atomic E-state index is -4.39. The maximum atomic E-state index is 13.0. The fourth-order valence-corrected chi connectivity index (χ4v) is 3.69. The van der Waals surface area contributed by atoms with Crippen LogP contribution in [0.2, 0.25) is 0 Å². The maximum Gasteiger partial charge on any atom is 0.416 e. The molecule has 1 heterocycles. The first kappa shape index (κ1) is 22.2. The van der Waals surface area contributed by atoms with E-state index in [4.69, 9.17) is 10.8 Å². The Balaban J connectivity index is 1.63. The lowest BCUT2D eigenvalue weighted by Crippen LogP contribution is -2.24. The second-order valence-electron chi connectivity index (χ2n) is 7.60. The second kappa shape index (κ2) is 9.25. The molecule has 0 saturated heterocycles. The van der Waals surface area contributed by atoms with Crippen LogP contribution >= 0.6 is 0 Å². The molecule has 0 bridgehead atoms. The third-order valence-corrected chi connectivity index (χ3v) is 5.24. The quantitative estimate of drug-likeness (QED) is 0.272. The number of nitrogens with one attached hydrogen (secondary N) is 1. The van der Waals surface area contributed by atoms with Crippen LogP contribution in [0.5, 0.6) is 0 Å². The van der Waals surface area contributed by atoms with Crippen LogP contribution in [0.3, 0.4) is 0 Å². The van der Waals surface area contributed by atoms with Gasteiger partial charge in [-0.2, -0.15) is 13.2 Å². The van der Waals surface area contributed by atoms with Crippen molar-refractivity contribution in [3.8, 4) is 23.5 Å². The average Bonchev–Trinajstić information content (AvgIpc) is 3.21. The minimum Gasteiger partial charge on any atom is -0.461 e. The zero-order chi connectivity index (χ0) is 23.4. The highest BCUT2D eigenvalue weighted by atomic mass is 19.4. The van der Waals surface area contributed by atoms with E-state index in [9.17, 15) is 18.0 Å². The van der Waals surface area contributed by atoms with Crippen molar-refractivity contribution in [2.75, 3.05) is 6.54 Å². The van der Waals surface area contributed by atoms with E-state index in [1.54, 1.807) is 24.3 Å². The van der Waals surface area contributed by atoms with E-state index in [0.29, 0.717) is 35.4 Å². The highest BCUT2D eigenvalue weighted by Crippen LogP contribution is 2.33. The number of hydrogen-bond acceptors (Lipinski definition) is 2. The van der Waals surface area contributed by atoms with Gasteiger partial charge in [0.1, 0.15) is 11.3 Å². The number of hydrogen-bond donors (Lipinski definition) is 1. The van der Waals surface area contributed by atoms with E-state index in [2.05, 4.69) is 11.2 Å². The molecule has 0 atom stereocenters. The average molecular weight is 447 g/mol. The van der Waals surface area contributed by atoms with Crippen molar-refractivity contribution >= 4 is 16.9 Å². The number of halogens is 3. The molecule has 1 N–H and O–H groups in total. The Kier molecular flexibility index (Phi) is 6.23. The number of carbonyl (C=O) groups is 1. The fourth-order valence-electron chi connectivity index (χ4n) is 3.69. The molecule has 0 aliphatic heterocycles. The Labute approximate surface area is 189 Å². The van der Waals surface area contributed by atoms with Crippen molar-refractivity contribution in [2.24, 2.45) is 0 Å². The molecule has 0 aliphatic carbocycles. The molecule has 33 heavy (non-hydrogen) atoms. The Morgan fingerprint density at radius 2 is 1.79 bits per heavy atom. The van der Waals surface area contributed by atoms with Crippen LogP contribution in [0, 0.1) is 12.3 Å². The highest BCUT2D eigenvalue weighted by molar-refractivity contribution is 5.98. The zero-order valence-electron chi connectivity index (χ0n) is 17.6. The Morgan fingerprint density at radius 1 is 1.00 bits per heavy atom. The van der Waals surface area contributed by atoms with Crippen LogP contribution < -0.4 is 5.32 Å². The lowest BCUT2D eigenvalue weighted by Gasteiger charge is -2.07. The SMILES string of the molecule is C#CCCNC(=O)c1cccc(-c2cccc3oc(Cc4cccc(C(F)(F)F)c4)cc23)c1. The number of benzene rings is 3. The number of alkyl halides is 3. The molecule has 0 spiro atoms. The summed E-state index contributed by atoms with van der Waals surface area (Å²) in [5.41, 5.74) is 2.65. The van der Waals surface area contributed by atoms with Crippen LogP contribution in [0.15, 0.2) is 77.2 Å². The van der Waals surface area contributed by atoms with Crippen LogP contribution in [0.4, 0.5) is 13.2 Å². The molecule has 6 heteroatoms. The summed E-state index contributed by atoms with van der Waals surface area (Å²) in [6, 6.07) is 19.8. The number of carbonyl (C=O) groups excluding carboxylic acids is 1. The van der Waals surface area contributed by atoms with Gasteiger partial charge in [0.05, 0.1) is 5.56 Å². The summed E-state index contributed by atoms with van der Waals surface area (Å²) in [6.45, 7) is 0.399. The number of amides is 1. The summed E-state index contributed by atoms with van der Waals surface area (Å²) < 4.78 is 45.0. The van der Waals surface area contributed by atoms with E-state index < -0.39 is 11.7 Å². The van der Waals surface area contributed by atoms with E-state index in [-0.39, 0.29) is 12.3 Å². The number of rotatable bonds is 6. The Morgan fingerprint density at radius 3 is 2.58 bits per heavy atom. The lowest BCUT2D eigenvalue weighted by atomic mass is 9.99. The van der Waals surface area contributed by atoms with E-state index in [1.807, 2.05) is 30.3 Å². The molecular formula is C27H20F3NO2. The minimum absolute atomic E-state index is 0.211. The molecule has 3 nitrogen and oxygen atoms in total. The van der Waals surface area contributed by atoms with Gasteiger partial charge < -0.3 is 9.73 Å². The largest absolute Gasteiger partial charge is 0.461 e. The number of terminal acetylenes is 1. The Bertz CT molecular complexity index is 1350. The molecule has 166 valence electrons. The summed E-state index contributed by atoms with van der Waals surface area (Å²) in [5, 5.41) is 3.61. The van der Waals surface area contributed by atoms with Gasteiger partial charge in [-0.3, -0.25) is 4.79 Å². The zero-order valence-corrected chi connectivity index (χ0v) is 17.6. The van der Waals surface area contributed by atoms with Gasteiger partial charge in [-0.05, 0) is 47.0 Å². The molecule has 4 rings (SSSR count). The van der Waals surface area contributed by atoms with Crippen molar-refractivity contribution in [3.05, 3.63) is 95.2 Å². The maximum absolute atomic E-state index is 13.0. The first-order chi connectivity index (χ1) is 15.8. The number of furan rings is 1. The molecule has 1 amide bonds. The predicted octanol–water partition coefficient (Wildman–Crippen LogP) is 6.46. The van der Waals surface area contributed by atoms with E-state index in [0.717, 1.165) is 28.6 Å². The second-order valence-corrected chi connectivity index (χ2v) is 7.60. The molecule has 0 unspecified atom stereocenters. The predicted molar refractivity (Wildman–Crippen MR) is 122 cm³/mol. The molecule has 1 aromatic heterocycles. The van der Waals surface area contributed by atoms with E-state index >= 15 is 0 Å². The molecule has 0 fully saturated rings. The normalized spacial score (nSPS) is 11.3. The first-order valence-electron chi connectivity index (χ1n) is 10.3. The van der Waals surface area contributed by atoms with E-state index in [1.165, 1.54) is 6.07 Å². The van der Waals surface area contributed by atoms with Crippen molar-refractivity contribution in [1.82, 2.24) is 5.32 Å². The molecule has 3 aromatic carbocycles. The van der Waals surface area contributed by atoms with Crippen LogP contribution in [-0.2, 0) is 12.6 Å². The molecule has 4 aromatic rings. The van der Waals surface area contributed by atoms with Gasteiger partial charge in [-0.15, -0.1) is 12.3 Å². The molecular weight excluding hydrogens is 427 g/mol. The third kappa shape index (κ3) is 5.09. The van der Waals surface area contributed by atoms with Gasteiger partial charge in [0, 0.05) is 30.3 Å². The summed E-state index contributed by atoms with van der Waals surface area (Å²) in [7, 11) is 0. The summed E-state index contributed by atoms with van der Waals surface area (Å²) in [4.78, 5) is 12.4. The van der Waals surface area contributed by atoms with Gasteiger partial charge in [0.25, 0.3) is 5.91 Å². The van der Waals surface area contributed by atoms with Crippen LogP contribution in [0.1, 0.15) is 33.7 Å². The van der Waals surface area contributed by atoms with Crippen molar-refractivity contribution in [3.63, 3.8) is 0 Å². The summed E-state index contributed by atoms with van der Waals surface area (Å²) in [5.74, 6) is 2.83. The number of fused-ring (bicyclic) bond motifs is 1. The van der Waals surface area contributed by atoms with Gasteiger partial charge >= 0.3 is 6.18 Å². The fraction of sp³-hybridized carbons (Fsp3) is 0.148. The summed E-state index contributed by atoms with van der Waals surface area (Å²) >= 11 is 0. The molecule has 0 radical (unpaired) electrons. The Hall–Kier alpha value is -3.98. The first-order valence-corrected chi connectivity index (χ1v) is 10.3.